The van der Waals surface area contributed by atoms with E-state index in [2.05, 4.69) is 0 Å². The molecule has 0 radical (unpaired) electrons. The monoisotopic (exact) mass is 316 g/mol. The summed E-state index contributed by atoms with van der Waals surface area (Å²) in [4.78, 5) is 23.9. The molecule has 5 nitrogen and oxygen atoms in total. The molecule has 1 aliphatic heterocycles. The first-order valence-electron chi connectivity index (χ1n) is 6.28. The van der Waals surface area contributed by atoms with Crippen LogP contribution in [0, 0.1) is 21.7 Å². The van der Waals surface area contributed by atoms with Gasteiger partial charge in [-0.15, -0.1) is 0 Å². The lowest BCUT2D eigenvalue weighted by Gasteiger charge is -2.37. The molecular formula is C13H14F2N2O3S. The summed E-state index contributed by atoms with van der Waals surface area (Å²) < 4.78 is 26.3. The van der Waals surface area contributed by atoms with Crippen LogP contribution in [-0.2, 0) is 0 Å². The van der Waals surface area contributed by atoms with Crippen molar-refractivity contribution < 1.29 is 18.5 Å². The van der Waals surface area contributed by atoms with E-state index >= 15 is 0 Å². The Labute approximate surface area is 124 Å². The first-order chi connectivity index (χ1) is 9.71. The maximum atomic E-state index is 13.3. The minimum absolute atomic E-state index is 0.179. The second kappa shape index (κ2) is 5.59. The van der Waals surface area contributed by atoms with Gasteiger partial charge in [0.2, 0.25) is 0 Å². The number of nitro groups is 1. The molecule has 0 N–H and O–H groups in total. The van der Waals surface area contributed by atoms with E-state index in [4.69, 9.17) is 0 Å². The first kappa shape index (κ1) is 15.7. The van der Waals surface area contributed by atoms with E-state index in [0.29, 0.717) is 31.0 Å². The summed E-state index contributed by atoms with van der Waals surface area (Å²) >= 11 is 1.69. The summed E-state index contributed by atoms with van der Waals surface area (Å²) in [6.07, 6.45) is 0. The van der Waals surface area contributed by atoms with Crippen molar-refractivity contribution in [2.45, 2.75) is 18.6 Å². The van der Waals surface area contributed by atoms with E-state index in [1.807, 2.05) is 13.8 Å². The van der Waals surface area contributed by atoms with Crippen LogP contribution >= 0.6 is 11.8 Å². The third kappa shape index (κ3) is 3.31. The average molecular weight is 316 g/mol. The van der Waals surface area contributed by atoms with E-state index < -0.39 is 33.7 Å². The second-order valence-corrected chi connectivity index (χ2v) is 7.18. The van der Waals surface area contributed by atoms with Crippen molar-refractivity contribution in [1.29, 1.82) is 0 Å². The molecule has 1 aliphatic rings. The molecule has 0 spiro atoms. The summed E-state index contributed by atoms with van der Waals surface area (Å²) in [7, 11) is 0. The van der Waals surface area contributed by atoms with Crippen LogP contribution in [0.15, 0.2) is 12.1 Å². The van der Waals surface area contributed by atoms with Crippen LogP contribution < -0.4 is 0 Å². The van der Waals surface area contributed by atoms with Gasteiger partial charge in [0.1, 0.15) is 5.56 Å². The Balaban J connectivity index is 2.39. The SMILES string of the molecule is CC1(C)CN(C(=O)c2cc(F)c(F)cc2[N+](=O)[O-])CCS1. The lowest BCUT2D eigenvalue weighted by molar-refractivity contribution is -0.385. The molecular weight excluding hydrogens is 302 g/mol. The fraction of sp³-hybridized carbons (Fsp3) is 0.462. The lowest BCUT2D eigenvalue weighted by atomic mass is 10.1. The number of halogens is 2. The number of nitrogens with zero attached hydrogens (tertiary/aromatic N) is 2. The zero-order chi connectivity index (χ0) is 15.8. The van der Waals surface area contributed by atoms with Crippen LogP contribution in [0.2, 0.25) is 0 Å². The second-order valence-electron chi connectivity index (χ2n) is 5.38. The highest BCUT2D eigenvalue weighted by molar-refractivity contribution is 8.00. The van der Waals surface area contributed by atoms with Crippen LogP contribution in [0.25, 0.3) is 0 Å². The topological polar surface area (TPSA) is 63.5 Å². The molecule has 1 amide bonds. The zero-order valence-electron chi connectivity index (χ0n) is 11.6. The summed E-state index contributed by atoms with van der Waals surface area (Å²) in [5.41, 5.74) is -1.13. The van der Waals surface area contributed by atoms with Gasteiger partial charge < -0.3 is 4.90 Å². The Hall–Kier alpha value is -1.70. The molecule has 1 saturated heterocycles. The van der Waals surface area contributed by atoms with Crippen LogP contribution in [0.3, 0.4) is 0 Å². The predicted octanol–water partition coefficient (Wildman–Crippen LogP) is 2.84. The highest BCUT2D eigenvalue weighted by atomic mass is 32.2. The lowest BCUT2D eigenvalue weighted by Crippen LogP contribution is -2.46. The van der Waals surface area contributed by atoms with Crippen LogP contribution in [0.5, 0.6) is 0 Å². The molecule has 0 unspecified atom stereocenters. The van der Waals surface area contributed by atoms with Gasteiger partial charge in [-0.05, 0) is 19.9 Å². The standard InChI is InChI=1S/C13H14F2N2O3S/c1-13(2)7-16(3-4-21-13)12(18)8-5-9(14)10(15)6-11(8)17(19)20/h5-6H,3-4,7H2,1-2H3. The van der Waals surface area contributed by atoms with Crippen LogP contribution in [0.1, 0.15) is 24.2 Å². The van der Waals surface area contributed by atoms with E-state index in [1.165, 1.54) is 4.90 Å². The smallest absolute Gasteiger partial charge is 0.285 e. The van der Waals surface area contributed by atoms with E-state index in [0.717, 1.165) is 0 Å². The molecule has 1 aromatic rings. The first-order valence-corrected chi connectivity index (χ1v) is 7.26. The fourth-order valence-electron chi connectivity index (χ4n) is 2.22. The molecule has 1 heterocycles. The molecule has 0 atom stereocenters. The van der Waals surface area contributed by atoms with Gasteiger partial charge in [0.05, 0.1) is 11.0 Å². The minimum Gasteiger partial charge on any atom is -0.336 e. The molecule has 1 aromatic carbocycles. The molecule has 2 rings (SSSR count). The minimum atomic E-state index is -1.34. The number of hydrogen-bond acceptors (Lipinski definition) is 4. The summed E-state index contributed by atoms with van der Waals surface area (Å²) in [6.45, 7) is 4.73. The predicted molar refractivity (Wildman–Crippen MR) is 75.5 cm³/mol. The number of hydrogen-bond donors (Lipinski definition) is 0. The maximum absolute atomic E-state index is 13.3. The summed E-state index contributed by atoms with van der Waals surface area (Å²) in [6, 6.07) is 1.05. The van der Waals surface area contributed by atoms with Crippen molar-refractivity contribution in [1.82, 2.24) is 4.90 Å². The quantitative estimate of drug-likeness (QED) is 0.622. The van der Waals surface area contributed by atoms with Crippen molar-refractivity contribution in [2.24, 2.45) is 0 Å². The number of amides is 1. The highest BCUT2D eigenvalue weighted by Gasteiger charge is 2.33. The zero-order valence-corrected chi connectivity index (χ0v) is 12.4. The summed E-state index contributed by atoms with van der Waals surface area (Å²) in [5, 5.41) is 10.9. The Kier molecular flexibility index (Phi) is 4.18. The maximum Gasteiger partial charge on any atom is 0.285 e. The molecule has 0 saturated carbocycles. The van der Waals surface area contributed by atoms with Gasteiger partial charge in [0.15, 0.2) is 11.6 Å². The van der Waals surface area contributed by atoms with Gasteiger partial charge in [-0.3, -0.25) is 14.9 Å². The van der Waals surface area contributed by atoms with Crippen molar-refractivity contribution >= 4 is 23.4 Å². The van der Waals surface area contributed by atoms with Crippen molar-refractivity contribution in [2.75, 3.05) is 18.8 Å². The van der Waals surface area contributed by atoms with Gasteiger partial charge in [0.25, 0.3) is 11.6 Å². The summed E-state index contributed by atoms with van der Waals surface area (Å²) in [5.74, 6) is -2.56. The van der Waals surface area contributed by atoms with Gasteiger partial charge in [-0.25, -0.2) is 8.78 Å². The number of thioether (sulfide) groups is 1. The number of nitro benzene ring substituents is 1. The Bertz CT molecular complexity index is 607. The Morgan fingerprint density at radius 2 is 2.00 bits per heavy atom. The van der Waals surface area contributed by atoms with Crippen molar-refractivity contribution in [3.8, 4) is 0 Å². The third-order valence-electron chi connectivity index (χ3n) is 3.18. The molecule has 8 heteroatoms. The highest BCUT2D eigenvalue weighted by Crippen LogP contribution is 2.31. The van der Waals surface area contributed by atoms with Crippen molar-refractivity contribution in [3.05, 3.63) is 39.4 Å². The largest absolute Gasteiger partial charge is 0.336 e. The Morgan fingerprint density at radius 3 is 2.57 bits per heavy atom. The van der Waals surface area contributed by atoms with Crippen molar-refractivity contribution in [3.63, 3.8) is 0 Å². The third-order valence-corrected chi connectivity index (χ3v) is 4.48. The molecule has 1 fully saturated rings. The van der Waals surface area contributed by atoms with Gasteiger partial charge in [-0.2, -0.15) is 11.8 Å². The van der Waals surface area contributed by atoms with Gasteiger partial charge in [-0.1, -0.05) is 0 Å². The molecule has 114 valence electrons. The average Bonchev–Trinajstić information content (AvgIpc) is 2.39. The molecule has 0 aliphatic carbocycles. The van der Waals surface area contributed by atoms with E-state index in [9.17, 15) is 23.7 Å². The van der Waals surface area contributed by atoms with Crippen LogP contribution in [-0.4, -0.2) is 39.3 Å². The number of carbonyl (C=O) groups excluding carboxylic acids is 1. The Morgan fingerprint density at radius 1 is 1.38 bits per heavy atom. The molecule has 21 heavy (non-hydrogen) atoms. The fourth-order valence-corrected chi connectivity index (χ4v) is 3.33. The number of carbonyl (C=O) groups is 1. The number of rotatable bonds is 2. The van der Waals surface area contributed by atoms with Crippen LogP contribution in [0.4, 0.5) is 14.5 Å². The van der Waals surface area contributed by atoms with E-state index in [1.54, 1.807) is 11.8 Å². The van der Waals surface area contributed by atoms with E-state index in [-0.39, 0.29) is 4.75 Å². The van der Waals surface area contributed by atoms with Gasteiger partial charge >= 0.3 is 0 Å². The van der Waals surface area contributed by atoms with Gasteiger partial charge in [0, 0.05) is 23.6 Å². The molecule has 0 aromatic heterocycles. The number of benzene rings is 1. The normalized spacial score (nSPS) is 17.6. The molecule has 0 bridgehead atoms.